The first-order valence-corrected chi connectivity index (χ1v) is 10.6. The van der Waals surface area contributed by atoms with Gasteiger partial charge in [0.05, 0.1) is 6.42 Å². The highest BCUT2D eigenvalue weighted by Crippen LogP contribution is 2.24. The average molecular weight is 435 g/mol. The third-order valence-corrected chi connectivity index (χ3v) is 5.20. The molecule has 0 aliphatic heterocycles. The van der Waals surface area contributed by atoms with Crippen molar-refractivity contribution in [1.82, 2.24) is 10.2 Å². The van der Waals surface area contributed by atoms with Crippen LogP contribution in [0.15, 0.2) is 42.5 Å². The Morgan fingerprint density at radius 1 is 1.10 bits per heavy atom. The van der Waals surface area contributed by atoms with Crippen LogP contribution in [0.3, 0.4) is 0 Å². The molecule has 0 saturated carbocycles. The van der Waals surface area contributed by atoms with Crippen LogP contribution in [0.2, 0.25) is 10.0 Å². The third kappa shape index (κ3) is 6.76. The molecule has 1 unspecified atom stereocenters. The zero-order valence-corrected chi connectivity index (χ0v) is 18.8. The molecule has 0 aliphatic carbocycles. The second kappa shape index (κ2) is 10.7. The van der Waals surface area contributed by atoms with Gasteiger partial charge in [0.25, 0.3) is 0 Å². The number of hydrogen-bond donors (Lipinski definition) is 1. The molecule has 0 fully saturated rings. The smallest absolute Gasteiger partial charge is 0.243 e. The van der Waals surface area contributed by atoms with E-state index >= 15 is 0 Å². The summed E-state index contributed by atoms with van der Waals surface area (Å²) in [6.07, 6.45) is 0.724. The maximum atomic E-state index is 13.3. The number of carbonyl (C=O) groups excluding carboxylic acids is 2. The quantitative estimate of drug-likeness (QED) is 0.622. The number of benzene rings is 2. The molecule has 2 aromatic rings. The van der Waals surface area contributed by atoms with Crippen molar-refractivity contribution in [3.8, 4) is 0 Å². The number of hydrogen-bond acceptors (Lipinski definition) is 2. The molecular formula is C23H28Cl2N2O2. The van der Waals surface area contributed by atoms with Gasteiger partial charge >= 0.3 is 0 Å². The molecule has 29 heavy (non-hydrogen) atoms. The summed E-state index contributed by atoms with van der Waals surface area (Å²) in [6.45, 7) is 7.94. The van der Waals surface area contributed by atoms with Gasteiger partial charge in [-0.3, -0.25) is 9.59 Å². The van der Waals surface area contributed by atoms with Crippen molar-refractivity contribution < 1.29 is 9.59 Å². The fraction of sp³-hybridized carbons (Fsp3) is 0.391. The van der Waals surface area contributed by atoms with Crippen LogP contribution in [0.25, 0.3) is 0 Å². The Morgan fingerprint density at radius 3 is 2.41 bits per heavy atom. The maximum absolute atomic E-state index is 13.3. The first-order valence-electron chi connectivity index (χ1n) is 9.80. The van der Waals surface area contributed by atoms with E-state index in [1.165, 1.54) is 0 Å². The first-order chi connectivity index (χ1) is 13.7. The van der Waals surface area contributed by atoms with Crippen molar-refractivity contribution in [1.29, 1.82) is 0 Å². The largest absolute Gasteiger partial charge is 0.352 e. The molecule has 1 atom stereocenters. The van der Waals surface area contributed by atoms with Gasteiger partial charge in [-0.15, -0.1) is 0 Å². The normalized spacial score (nSPS) is 12.0. The van der Waals surface area contributed by atoms with Crippen LogP contribution in [0, 0.1) is 6.92 Å². The number of amides is 2. The number of aryl methyl sites for hydroxylation is 1. The van der Waals surface area contributed by atoms with Crippen molar-refractivity contribution >= 4 is 35.0 Å². The molecule has 0 saturated heterocycles. The molecular weight excluding hydrogens is 407 g/mol. The lowest BCUT2D eigenvalue weighted by molar-refractivity contribution is -0.141. The van der Waals surface area contributed by atoms with Gasteiger partial charge in [0.2, 0.25) is 11.8 Å². The molecule has 2 amide bonds. The lowest BCUT2D eigenvalue weighted by Crippen LogP contribution is -2.50. The van der Waals surface area contributed by atoms with Gasteiger partial charge < -0.3 is 10.2 Å². The van der Waals surface area contributed by atoms with E-state index in [4.69, 9.17) is 23.2 Å². The minimum Gasteiger partial charge on any atom is -0.352 e. The van der Waals surface area contributed by atoms with Crippen LogP contribution >= 0.6 is 23.2 Å². The van der Waals surface area contributed by atoms with Gasteiger partial charge in [0, 0.05) is 22.6 Å². The van der Waals surface area contributed by atoms with Gasteiger partial charge in [0.1, 0.15) is 6.04 Å². The summed E-state index contributed by atoms with van der Waals surface area (Å²) in [5.74, 6) is -0.280. The molecule has 0 spiro atoms. The van der Waals surface area contributed by atoms with Crippen molar-refractivity contribution in [2.45, 2.75) is 59.2 Å². The molecule has 0 aliphatic rings. The monoisotopic (exact) mass is 434 g/mol. The van der Waals surface area contributed by atoms with E-state index in [2.05, 4.69) is 5.32 Å². The number of nitrogens with zero attached hydrogens (tertiary/aromatic N) is 1. The molecule has 6 heteroatoms. The highest BCUT2D eigenvalue weighted by Gasteiger charge is 2.29. The van der Waals surface area contributed by atoms with Crippen LogP contribution in [0.4, 0.5) is 0 Å². The fourth-order valence-corrected chi connectivity index (χ4v) is 3.70. The number of nitrogens with one attached hydrogen (secondary N) is 1. The van der Waals surface area contributed by atoms with E-state index in [9.17, 15) is 9.59 Å². The molecule has 2 rings (SSSR count). The lowest BCUT2D eigenvalue weighted by Gasteiger charge is -2.31. The number of carbonyl (C=O) groups is 2. The van der Waals surface area contributed by atoms with Gasteiger partial charge in [-0.2, -0.15) is 0 Å². The predicted molar refractivity (Wildman–Crippen MR) is 119 cm³/mol. The van der Waals surface area contributed by atoms with Crippen LogP contribution < -0.4 is 5.32 Å². The van der Waals surface area contributed by atoms with E-state index in [1.54, 1.807) is 23.1 Å². The molecule has 1 N–H and O–H groups in total. The second-order valence-electron chi connectivity index (χ2n) is 7.51. The van der Waals surface area contributed by atoms with Crippen LogP contribution in [0.5, 0.6) is 0 Å². The summed E-state index contributed by atoms with van der Waals surface area (Å²) < 4.78 is 0. The summed E-state index contributed by atoms with van der Waals surface area (Å²) in [7, 11) is 0. The molecule has 2 aromatic carbocycles. The number of halogens is 2. The van der Waals surface area contributed by atoms with Crippen molar-refractivity contribution in [2.24, 2.45) is 0 Å². The van der Waals surface area contributed by atoms with Crippen molar-refractivity contribution in [3.63, 3.8) is 0 Å². The van der Waals surface area contributed by atoms with E-state index in [-0.39, 0.29) is 30.8 Å². The van der Waals surface area contributed by atoms with E-state index in [1.807, 2.05) is 52.0 Å². The first kappa shape index (κ1) is 23.2. The highest BCUT2D eigenvalue weighted by atomic mass is 35.5. The summed E-state index contributed by atoms with van der Waals surface area (Å²) in [4.78, 5) is 27.7. The molecule has 156 valence electrons. The van der Waals surface area contributed by atoms with Crippen LogP contribution in [-0.2, 0) is 22.6 Å². The van der Waals surface area contributed by atoms with Crippen molar-refractivity contribution in [3.05, 3.63) is 69.2 Å². The summed E-state index contributed by atoms with van der Waals surface area (Å²) in [5.41, 5.74) is 2.76. The van der Waals surface area contributed by atoms with Crippen LogP contribution in [-0.4, -0.2) is 28.8 Å². The van der Waals surface area contributed by atoms with Gasteiger partial charge in [-0.1, -0.05) is 66.0 Å². The highest BCUT2D eigenvalue weighted by molar-refractivity contribution is 6.35. The Kier molecular flexibility index (Phi) is 8.54. The zero-order valence-electron chi connectivity index (χ0n) is 17.3. The van der Waals surface area contributed by atoms with E-state index < -0.39 is 6.04 Å². The summed E-state index contributed by atoms with van der Waals surface area (Å²) in [5, 5.41) is 3.93. The van der Waals surface area contributed by atoms with Gasteiger partial charge in [-0.05, 0) is 50.5 Å². The molecule has 0 aromatic heterocycles. The van der Waals surface area contributed by atoms with E-state index in [0.29, 0.717) is 16.5 Å². The SMILES string of the molecule is CCC(C(=O)NC(C)C)N(Cc1ccc(Cl)cc1Cl)C(=O)Cc1cccc(C)c1. The molecule has 4 nitrogen and oxygen atoms in total. The fourth-order valence-electron chi connectivity index (χ4n) is 3.23. The Hall–Kier alpha value is -2.04. The maximum Gasteiger partial charge on any atom is 0.243 e. The minimum absolute atomic E-state index is 0.00982. The Morgan fingerprint density at radius 2 is 1.83 bits per heavy atom. The van der Waals surface area contributed by atoms with E-state index in [0.717, 1.165) is 16.7 Å². The molecule has 0 radical (unpaired) electrons. The summed E-state index contributed by atoms with van der Waals surface area (Å²) in [6, 6.07) is 12.4. The average Bonchev–Trinajstić information content (AvgIpc) is 2.62. The topological polar surface area (TPSA) is 49.4 Å². The van der Waals surface area contributed by atoms with Crippen molar-refractivity contribution in [2.75, 3.05) is 0 Å². The standard InChI is InChI=1S/C23H28Cl2N2O2/c1-5-21(23(29)26-15(2)3)27(14-18-9-10-19(24)13-20(18)25)22(28)12-17-8-6-7-16(4)11-17/h6-11,13,15,21H,5,12,14H2,1-4H3,(H,26,29). The van der Waals surface area contributed by atoms with Crippen LogP contribution in [0.1, 0.15) is 43.9 Å². The Labute approximate surface area is 183 Å². The second-order valence-corrected chi connectivity index (χ2v) is 8.35. The lowest BCUT2D eigenvalue weighted by atomic mass is 10.0. The minimum atomic E-state index is -0.582. The number of rotatable bonds is 8. The van der Waals surface area contributed by atoms with Gasteiger partial charge in [-0.25, -0.2) is 0 Å². The Balaban J connectivity index is 2.34. The Bertz CT molecular complexity index is 868. The molecule has 0 bridgehead atoms. The predicted octanol–water partition coefficient (Wildman–Crippen LogP) is 5.18. The van der Waals surface area contributed by atoms with Gasteiger partial charge in [0.15, 0.2) is 0 Å². The summed E-state index contributed by atoms with van der Waals surface area (Å²) >= 11 is 12.4. The molecule has 0 heterocycles. The zero-order chi connectivity index (χ0) is 21.6. The third-order valence-electron chi connectivity index (χ3n) is 4.61.